The van der Waals surface area contributed by atoms with Crippen LogP contribution < -0.4 is 15.5 Å². The van der Waals surface area contributed by atoms with Crippen molar-refractivity contribution < 1.29 is 19.1 Å². The molecular weight excluding hydrogens is 635 g/mol. The van der Waals surface area contributed by atoms with Crippen LogP contribution in [0.2, 0.25) is 0 Å². The van der Waals surface area contributed by atoms with E-state index in [0.29, 0.717) is 5.56 Å². The first-order valence-electron chi connectivity index (χ1n) is 17.3. The first kappa shape index (κ1) is 31.7. The van der Waals surface area contributed by atoms with Crippen molar-refractivity contribution in [3.8, 4) is 10.6 Å². The van der Waals surface area contributed by atoms with Crippen molar-refractivity contribution in [1.29, 1.82) is 0 Å². The highest BCUT2D eigenvalue weighted by Gasteiger charge is 2.49. The third-order valence-corrected chi connectivity index (χ3v) is 11.7. The maximum atomic E-state index is 13.8. The Labute approximate surface area is 290 Å². The summed E-state index contributed by atoms with van der Waals surface area (Å²) in [7, 11) is 1.76. The van der Waals surface area contributed by atoms with Crippen LogP contribution in [0.4, 0.5) is 5.00 Å². The Morgan fingerprint density at radius 2 is 1.35 bits per heavy atom. The van der Waals surface area contributed by atoms with E-state index >= 15 is 0 Å². The van der Waals surface area contributed by atoms with Crippen LogP contribution in [-0.2, 0) is 14.3 Å². The van der Waals surface area contributed by atoms with Crippen LogP contribution in [0.25, 0.3) is 10.6 Å². The normalized spacial score (nSPS) is 27.2. The molecule has 49 heavy (non-hydrogen) atoms. The molecule has 0 radical (unpaired) electrons. The Morgan fingerprint density at radius 1 is 0.776 bits per heavy atom. The number of likely N-dealkylation sites (tertiary alicyclic amines) is 1. The molecule has 7 atom stereocenters. The number of rotatable bonds is 10. The van der Waals surface area contributed by atoms with Crippen LogP contribution in [0.3, 0.4) is 0 Å². The van der Waals surface area contributed by atoms with E-state index < -0.39 is 11.8 Å². The van der Waals surface area contributed by atoms with Gasteiger partial charge in [0.05, 0.1) is 24.1 Å². The van der Waals surface area contributed by atoms with Gasteiger partial charge in [-0.3, -0.25) is 14.4 Å². The zero-order valence-electron chi connectivity index (χ0n) is 27.5. The van der Waals surface area contributed by atoms with E-state index in [2.05, 4.69) is 44.8 Å². The van der Waals surface area contributed by atoms with Gasteiger partial charge < -0.3 is 25.2 Å². The number of carbonyl (C=O) groups excluding carboxylic acids is 3. The van der Waals surface area contributed by atoms with Gasteiger partial charge >= 0.3 is 0 Å². The van der Waals surface area contributed by atoms with Crippen molar-refractivity contribution in [3.63, 3.8) is 0 Å². The van der Waals surface area contributed by atoms with Crippen molar-refractivity contribution in [3.05, 3.63) is 108 Å². The van der Waals surface area contributed by atoms with Gasteiger partial charge in [0.2, 0.25) is 11.8 Å². The van der Waals surface area contributed by atoms with Gasteiger partial charge in [0, 0.05) is 68.3 Å². The standard InChI is InChI=1S/C39H41N5O4S/c1-48-28-16-17-43(21-28)35-20-40-38(49-35)26-12-14-27(15-13-26)39(47)44-22-31(36(45)41-33-18-29(33)24-8-4-2-5-9-24)32(23-44)37(46)42-34-19-30(34)25-10-6-3-7-11-25/h2-15,20,28-34H,16-19,21-23H2,1H3,(H,41,45)(H,42,46)/t28-,29-,30-,31-,32-,33+,34+/m1/s1. The van der Waals surface area contributed by atoms with Gasteiger partial charge in [-0.05, 0) is 42.5 Å². The van der Waals surface area contributed by atoms with Crippen molar-refractivity contribution >= 4 is 34.1 Å². The first-order valence-corrected chi connectivity index (χ1v) is 18.1. The Hall–Kier alpha value is -4.54. The predicted octanol–water partition coefficient (Wildman–Crippen LogP) is 5.07. The van der Waals surface area contributed by atoms with Crippen LogP contribution >= 0.6 is 11.3 Å². The monoisotopic (exact) mass is 675 g/mol. The SMILES string of the molecule is CO[C@@H]1CCN(c2cnc(-c3ccc(C(=O)N4C[C@@H](C(=O)N[C@H]5C[C@@H]5c5ccccc5)[C@H](C(=O)N[C@H]5C[C@@H]5c5ccccc5)C4)cc3)s2)C1. The lowest BCUT2D eigenvalue weighted by Gasteiger charge is -2.18. The minimum Gasteiger partial charge on any atom is -0.380 e. The van der Waals surface area contributed by atoms with Gasteiger partial charge in [-0.1, -0.05) is 84.1 Å². The summed E-state index contributed by atoms with van der Waals surface area (Å²) >= 11 is 1.63. The molecule has 252 valence electrons. The van der Waals surface area contributed by atoms with Gasteiger partial charge in [-0.15, -0.1) is 0 Å². The van der Waals surface area contributed by atoms with E-state index in [0.717, 1.165) is 47.9 Å². The maximum Gasteiger partial charge on any atom is 0.253 e. The summed E-state index contributed by atoms with van der Waals surface area (Å²) in [6.07, 6.45) is 4.91. The number of aromatic nitrogens is 1. The number of hydrogen-bond acceptors (Lipinski definition) is 7. The van der Waals surface area contributed by atoms with Crippen LogP contribution in [-0.4, -0.2) is 79.1 Å². The molecule has 2 saturated heterocycles. The van der Waals surface area contributed by atoms with E-state index in [1.54, 1.807) is 23.3 Å². The number of ether oxygens (including phenoxy) is 1. The van der Waals surface area contributed by atoms with Crippen molar-refractivity contribution in [2.75, 3.05) is 38.2 Å². The van der Waals surface area contributed by atoms with Crippen molar-refractivity contribution in [2.24, 2.45) is 11.8 Å². The van der Waals surface area contributed by atoms with Gasteiger partial charge in [0.15, 0.2) is 0 Å². The van der Waals surface area contributed by atoms with Crippen LogP contribution in [0.1, 0.15) is 52.6 Å². The second-order valence-corrected chi connectivity index (χ2v) is 14.8. The molecule has 1 aromatic heterocycles. The topological polar surface area (TPSA) is 104 Å². The lowest BCUT2D eigenvalue weighted by molar-refractivity contribution is -0.133. The average molecular weight is 676 g/mol. The second kappa shape index (κ2) is 13.4. The zero-order valence-corrected chi connectivity index (χ0v) is 28.4. The van der Waals surface area contributed by atoms with Gasteiger partial charge in [0.25, 0.3) is 5.91 Å². The summed E-state index contributed by atoms with van der Waals surface area (Å²) in [5, 5.41) is 8.43. The number of nitrogens with one attached hydrogen (secondary N) is 2. The summed E-state index contributed by atoms with van der Waals surface area (Å²) in [6, 6.07) is 28.0. The number of benzene rings is 3. The Bertz CT molecular complexity index is 1740. The third kappa shape index (κ3) is 6.72. The largest absolute Gasteiger partial charge is 0.380 e. The van der Waals surface area contributed by atoms with Crippen LogP contribution in [0.15, 0.2) is 91.1 Å². The molecule has 0 spiro atoms. The molecule has 4 aromatic rings. The molecule has 3 amide bonds. The van der Waals surface area contributed by atoms with E-state index in [9.17, 15) is 14.4 Å². The lowest BCUT2D eigenvalue weighted by Crippen LogP contribution is -2.43. The highest BCUT2D eigenvalue weighted by atomic mass is 32.1. The first-order chi connectivity index (χ1) is 23.9. The Balaban J connectivity index is 0.945. The second-order valence-electron chi connectivity index (χ2n) is 13.8. The molecule has 2 aliphatic heterocycles. The smallest absolute Gasteiger partial charge is 0.253 e. The molecule has 2 N–H and O–H groups in total. The number of amides is 3. The average Bonchev–Trinajstić information content (AvgIpc) is 3.82. The summed E-state index contributed by atoms with van der Waals surface area (Å²) in [6.45, 7) is 2.22. The number of anilines is 1. The van der Waals surface area contributed by atoms with Gasteiger partial charge in [0.1, 0.15) is 10.0 Å². The summed E-state index contributed by atoms with van der Waals surface area (Å²) in [5.74, 6) is -1.17. The zero-order chi connectivity index (χ0) is 33.5. The van der Waals surface area contributed by atoms with E-state index in [1.807, 2.05) is 66.9 Å². The Morgan fingerprint density at radius 3 is 1.88 bits per heavy atom. The molecule has 4 aliphatic rings. The van der Waals surface area contributed by atoms with Crippen molar-refractivity contribution in [2.45, 2.75) is 49.3 Å². The number of nitrogens with zero attached hydrogens (tertiary/aromatic N) is 3. The molecule has 2 saturated carbocycles. The fraction of sp³-hybridized carbons (Fsp3) is 0.385. The van der Waals surface area contributed by atoms with E-state index in [4.69, 9.17) is 4.74 Å². The molecule has 8 rings (SSSR count). The Kier molecular flexibility index (Phi) is 8.67. The summed E-state index contributed by atoms with van der Waals surface area (Å²) < 4.78 is 5.51. The quantitative estimate of drug-likeness (QED) is 0.244. The molecule has 9 nitrogen and oxygen atoms in total. The fourth-order valence-corrected chi connectivity index (χ4v) is 8.49. The molecule has 0 bridgehead atoms. The van der Waals surface area contributed by atoms with Crippen LogP contribution in [0, 0.1) is 11.8 Å². The molecule has 0 unspecified atom stereocenters. The molecule has 10 heteroatoms. The number of methoxy groups -OCH3 is 1. The van der Waals surface area contributed by atoms with Gasteiger partial charge in [-0.25, -0.2) is 4.98 Å². The molecule has 2 aliphatic carbocycles. The predicted molar refractivity (Wildman–Crippen MR) is 190 cm³/mol. The minimum atomic E-state index is -0.619. The highest BCUT2D eigenvalue weighted by Crippen LogP contribution is 2.43. The van der Waals surface area contributed by atoms with Crippen molar-refractivity contribution in [1.82, 2.24) is 20.5 Å². The highest BCUT2D eigenvalue weighted by molar-refractivity contribution is 7.18. The van der Waals surface area contributed by atoms with E-state index in [1.165, 1.54) is 11.1 Å². The summed E-state index contributed by atoms with van der Waals surface area (Å²) in [5.41, 5.74) is 3.89. The number of hydrogen-bond donors (Lipinski definition) is 2. The number of carbonyl (C=O) groups is 3. The van der Waals surface area contributed by atoms with Gasteiger partial charge in [-0.2, -0.15) is 0 Å². The minimum absolute atomic E-state index is 0.0417. The third-order valence-electron chi connectivity index (χ3n) is 10.6. The molecular formula is C39H41N5O4S. The molecule has 3 heterocycles. The molecule has 3 aromatic carbocycles. The number of thiazole rings is 1. The van der Waals surface area contributed by atoms with E-state index in [-0.39, 0.29) is 60.8 Å². The molecule has 4 fully saturated rings. The fourth-order valence-electron chi connectivity index (χ4n) is 7.53. The lowest BCUT2D eigenvalue weighted by atomic mass is 9.94. The van der Waals surface area contributed by atoms with Crippen LogP contribution in [0.5, 0.6) is 0 Å². The maximum absolute atomic E-state index is 13.8. The summed E-state index contributed by atoms with van der Waals surface area (Å²) in [4.78, 5) is 50.0.